The van der Waals surface area contributed by atoms with Crippen LogP contribution in [0.1, 0.15) is 55.3 Å². The van der Waals surface area contributed by atoms with Crippen molar-refractivity contribution in [1.82, 2.24) is 15.3 Å². The standard InChI is InChI=1S/C29H36N4O3S/c1-32(36-3)28(34)23-11-9-21(10-12-23)26-30-31-27(37-26)22-13-15-25(16-14-22)33-19-17-29(35-2,18-20-33)24-7-5-4-6-8-24/h9-16,24H,4-8,17-20H2,1-3H3. The number of hydrogen-bond acceptors (Lipinski definition) is 7. The maximum absolute atomic E-state index is 12.2. The zero-order chi connectivity index (χ0) is 25.8. The van der Waals surface area contributed by atoms with Gasteiger partial charge in [-0.1, -0.05) is 42.7 Å². The number of nitrogens with zero attached hydrogens (tertiary/aromatic N) is 4. The van der Waals surface area contributed by atoms with Crippen LogP contribution in [-0.4, -0.2) is 61.1 Å². The van der Waals surface area contributed by atoms with Gasteiger partial charge in [-0.3, -0.25) is 9.63 Å². The average Bonchev–Trinajstić information content (AvgIpc) is 3.47. The molecule has 0 atom stereocenters. The highest BCUT2D eigenvalue weighted by atomic mass is 32.1. The Hall–Kier alpha value is -2.81. The molecule has 37 heavy (non-hydrogen) atoms. The van der Waals surface area contributed by atoms with Gasteiger partial charge in [0.2, 0.25) is 0 Å². The van der Waals surface area contributed by atoms with Crippen molar-refractivity contribution in [2.45, 2.75) is 50.5 Å². The van der Waals surface area contributed by atoms with Gasteiger partial charge in [-0.2, -0.15) is 0 Å². The van der Waals surface area contributed by atoms with Gasteiger partial charge in [0.1, 0.15) is 10.0 Å². The molecule has 2 heterocycles. The number of hydrogen-bond donors (Lipinski definition) is 0. The van der Waals surface area contributed by atoms with Crippen LogP contribution in [0.15, 0.2) is 48.5 Å². The zero-order valence-electron chi connectivity index (χ0n) is 22.0. The van der Waals surface area contributed by atoms with Crippen LogP contribution < -0.4 is 4.90 Å². The number of aromatic nitrogens is 2. The summed E-state index contributed by atoms with van der Waals surface area (Å²) in [5.41, 5.74) is 3.87. The quantitative estimate of drug-likeness (QED) is 0.352. The number of hydroxylamine groups is 2. The highest BCUT2D eigenvalue weighted by Gasteiger charge is 2.41. The van der Waals surface area contributed by atoms with Gasteiger partial charge < -0.3 is 9.64 Å². The van der Waals surface area contributed by atoms with Gasteiger partial charge in [0, 0.05) is 49.6 Å². The van der Waals surface area contributed by atoms with E-state index >= 15 is 0 Å². The van der Waals surface area contributed by atoms with Crippen molar-refractivity contribution >= 4 is 22.9 Å². The van der Waals surface area contributed by atoms with Gasteiger partial charge in [0.25, 0.3) is 5.91 Å². The molecule has 0 N–H and O–H groups in total. The van der Waals surface area contributed by atoms with Crippen LogP contribution in [0.3, 0.4) is 0 Å². The summed E-state index contributed by atoms with van der Waals surface area (Å²) in [4.78, 5) is 19.7. The molecule has 2 fully saturated rings. The van der Waals surface area contributed by atoms with Gasteiger partial charge in [0.05, 0.1) is 12.7 Å². The van der Waals surface area contributed by atoms with E-state index in [2.05, 4.69) is 39.4 Å². The van der Waals surface area contributed by atoms with Gasteiger partial charge in [0.15, 0.2) is 0 Å². The summed E-state index contributed by atoms with van der Waals surface area (Å²) in [7, 11) is 4.98. The summed E-state index contributed by atoms with van der Waals surface area (Å²) < 4.78 is 6.19. The Labute approximate surface area is 223 Å². The van der Waals surface area contributed by atoms with Crippen LogP contribution in [0.2, 0.25) is 0 Å². The Morgan fingerprint density at radius 2 is 1.49 bits per heavy atom. The molecule has 2 aromatic carbocycles. The van der Waals surface area contributed by atoms with Gasteiger partial charge in [-0.25, -0.2) is 5.06 Å². The summed E-state index contributed by atoms with van der Waals surface area (Å²) in [6.07, 6.45) is 8.92. The normalized spacial score (nSPS) is 18.1. The van der Waals surface area contributed by atoms with E-state index in [4.69, 9.17) is 9.57 Å². The average molecular weight is 521 g/mol. The second kappa shape index (κ2) is 11.3. The van der Waals surface area contributed by atoms with Crippen LogP contribution in [0.5, 0.6) is 0 Å². The number of ether oxygens (including phenoxy) is 1. The first-order chi connectivity index (χ1) is 18.0. The van der Waals surface area contributed by atoms with Crippen molar-refractivity contribution < 1.29 is 14.4 Å². The number of anilines is 1. The molecule has 1 saturated heterocycles. The van der Waals surface area contributed by atoms with Crippen molar-refractivity contribution in [3.8, 4) is 21.1 Å². The van der Waals surface area contributed by atoms with E-state index in [1.807, 2.05) is 19.2 Å². The lowest BCUT2D eigenvalue weighted by Gasteiger charge is -2.47. The predicted molar refractivity (Wildman–Crippen MR) is 148 cm³/mol. The highest BCUT2D eigenvalue weighted by Crippen LogP contribution is 2.42. The number of amides is 1. The number of carbonyl (C=O) groups is 1. The molecule has 0 spiro atoms. The van der Waals surface area contributed by atoms with Crippen molar-refractivity contribution in [2.24, 2.45) is 5.92 Å². The highest BCUT2D eigenvalue weighted by molar-refractivity contribution is 7.17. The summed E-state index contributed by atoms with van der Waals surface area (Å²) in [6, 6.07) is 16.0. The van der Waals surface area contributed by atoms with Gasteiger partial charge in [-0.15, -0.1) is 10.2 Å². The maximum atomic E-state index is 12.2. The fourth-order valence-corrected chi connectivity index (χ4v) is 6.70. The van der Waals surface area contributed by atoms with E-state index in [9.17, 15) is 4.79 Å². The maximum Gasteiger partial charge on any atom is 0.277 e. The Bertz CT molecular complexity index is 1180. The third kappa shape index (κ3) is 5.42. The second-order valence-electron chi connectivity index (χ2n) is 10.1. The largest absolute Gasteiger partial charge is 0.378 e. The molecule has 0 radical (unpaired) electrons. The zero-order valence-corrected chi connectivity index (χ0v) is 22.8. The fourth-order valence-electron chi connectivity index (χ4n) is 5.84. The van der Waals surface area contributed by atoms with E-state index in [0.717, 1.165) is 47.1 Å². The molecule has 1 saturated carbocycles. The molecule has 5 rings (SSSR count). The molecule has 3 aromatic rings. The first kappa shape index (κ1) is 25.8. The molecule has 1 aromatic heterocycles. The summed E-state index contributed by atoms with van der Waals surface area (Å²) in [5, 5.41) is 11.7. The van der Waals surface area contributed by atoms with Gasteiger partial charge in [-0.05, 0) is 68.0 Å². The van der Waals surface area contributed by atoms with Gasteiger partial charge >= 0.3 is 0 Å². The minimum atomic E-state index is -0.192. The van der Waals surface area contributed by atoms with Crippen LogP contribution >= 0.6 is 11.3 Å². The molecular weight excluding hydrogens is 484 g/mol. The molecule has 7 nitrogen and oxygen atoms in total. The van der Waals surface area contributed by atoms with Crippen LogP contribution in [-0.2, 0) is 9.57 Å². The van der Waals surface area contributed by atoms with Crippen LogP contribution in [0.25, 0.3) is 21.1 Å². The monoisotopic (exact) mass is 520 g/mol. The molecule has 1 aliphatic heterocycles. The molecule has 0 bridgehead atoms. The molecule has 1 amide bonds. The molecule has 0 unspecified atom stereocenters. The van der Waals surface area contributed by atoms with Crippen LogP contribution in [0.4, 0.5) is 5.69 Å². The minimum absolute atomic E-state index is 0.0605. The Kier molecular flexibility index (Phi) is 7.88. The van der Waals surface area contributed by atoms with E-state index in [1.54, 1.807) is 30.5 Å². The van der Waals surface area contributed by atoms with Crippen molar-refractivity contribution in [2.75, 3.05) is 39.3 Å². The van der Waals surface area contributed by atoms with E-state index in [0.29, 0.717) is 11.5 Å². The van der Waals surface area contributed by atoms with E-state index < -0.39 is 0 Å². The molecule has 8 heteroatoms. The van der Waals surface area contributed by atoms with Crippen LogP contribution in [0, 0.1) is 5.92 Å². The number of carbonyl (C=O) groups excluding carboxylic acids is 1. The molecule has 196 valence electrons. The molecule has 2 aliphatic rings. The lowest BCUT2D eigenvalue weighted by Crippen LogP contribution is -2.50. The summed E-state index contributed by atoms with van der Waals surface area (Å²) in [6.45, 7) is 2.07. The molecule has 1 aliphatic carbocycles. The summed E-state index contributed by atoms with van der Waals surface area (Å²) in [5.74, 6) is 0.522. The minimum Gasteiger partial charge on any atom is -0.378 e. The van der Waals surface area contributed by atoms with Crippen molar-refractivity contribution in [3.63, 3.8) is 0 Å². The molecular formula is C29H36N4O3S. The topological polar surface area (TPSA) is 67.8 Å². The first-order valence-corrected chi connectivity index (χ1v) is 14.0. The number of rotatable bonds is 7. The number of benzene rings is 2. The van der Waals surface area contributed by atoms with Crippen molar-refractivity contribution in [3.05, 3.63) is 54.1 Å². The lowest BCUT2D eigenvalue weighted by molar-refractivity contribution is -0.0856. The number of piperidine rings is 1. The summed E-state index contributed by atoms with van der Waals surface area (Å²) >= 11 is 1.55. The first-order valence-electron chi connectivity index (χ1n) is 13.2. The Morgan fingerprint density at radius 1 is 0.919 bits per heavy atom. The fraction of sp³-hybridized carbons (Fsp3) is 0.483. The smallest absolute Gasteiger partial charge is 0.277 e. The predicted octanol–water partition coefficient (Wildman–Crippen LogP) is 6.07. The third-order valence-electron chi connectivity index (χ3n) is 8.21. The third-order valence-corrected chi connectivity index (χ3v) is 9.23. The van der Waals surface area contributed by atoms with E-state index in [-0.39, 0.29) is 11.5 Å². The lowest BCUT2D eigenvalue weighted by atomic mass is 9.72. The Morgan fingerprint density at radius 3 is 2.03 bits per heavy atom. The second-order valence-corrected chi connectivity index (χ2v) is 11.1. The number of methoxy groups -OCH3 is 1. The SMILES string of the molecule is CON(C)C(=O)c1ccc(-c2nnc(-c3ccc(N4CCC(OC)(C5CCCCC5)CC4)cc3)s2)cc1. The Balaban J connectivity index is 1.23. The van der Waals surface area contributed by atoms with Crippen molar-refractivity contribution in [1.29, 1.82) is 0 Å². The van der Waals surface area contributed by atoms with E-state index in [1.165, 1.54) is 50.0 Å².